The highest BCUT2D eigenvalue weighted by Crippen LogP contribution is 2.37. The molecule has 7 nitrogen and oxygen atoms in total. The summed E-state index contributed by atoms with van der Waals surface area (Å²) < 4.78 is 32.8. The average Bonchev–Trinajstić information content (AvgIpc) is 2.82. The summed E-state index contributed by atoms with van der Waals surface area (Å²) in [4.78, 5) is 16.5. The first-order valence-corrected chi connectivity index (χ1v) is 6.10. The van der Waals surface area contributed by atoms with Gasteiger partial charge in [0.15, 0.2) is 0 Å². The van der Waals surface area contributed by atoms with Crippen molar-refractivity contribution in [2.24, 2.45) is 0 Å². The third-order valence-corrected chi connectivity index (χ3v) is 1.92. The van der Waals surface area contributed by atoms with E-state index in [-0.39, 0.29) is 6.61 Å². The Kier molecular flexibility index (Phi) is 6.92. The summed E-state index contributed by atoms with van der Waals surface area (Å²) in [5.41, 5.74) is 0. The Bertz CT molecular complexity index is 254. The minimum atomic E-state index is -4.45. The first-order chi connectivity index (χ1) is 6.85. The van der Waals surface area contributed by atoms with Gasteiger partial charge in [0.1, 0.15) is 12.4 Å². The molecule has 0 saturated carbocycles. The predicted octanol–water partition coefficient (Wildman–Crippen LogP) is 1.24. The summed E-state index contributed by atoms with van der Waals surface area (Å²) in [7, 11) is -4.98. The molecule has 0 aliphatic carbocycles. The largest absolute Gasteiger partial charge is 0.487 e. The van der Waals surface area contributed by atoms with Gasteiger partial charge in [-0.2, -0.15) is 0 Å². The van der Waals surface area contributed by atoms with Crippen molar-refractivity contribution in [2.45, 2.75) is 13.0 Å². The van der Waals surface area contributed by atoms with E-state index in [1.54, 1.807) is 0 Å². The van der Waals surface area contributed by atoms with Crippen molar-refractivity contribution in [3.05, 3.63) is 12.3 Å². The van der Waals surface area contributed by atoms with Crippen molar-refractivity contribution < 1.29 is 32.7 Å². The van der Waals surface area contributed by atoms with E-state index in [4.69, 9.17) is 9.79 Å². The summed E-state index contributed by atoms with van der Waals surface area (Å²) >= 11 is 0. The van der Waals surface area contributed by atoms with Crippen molar-refractivity contribution in [2.75, 3.05) is 13.2 Å². The minimum absolute atomic E-state index is 0.129. The summed E-state index contributed by atoms with van der Waals surface area (Å²) in [6.45, 7) is 5.50. The second-order valence-electron chi connectivity index (χ2n) is 2.60. The van der Waals surface area contributed by atoms with Gasteiger partial charge in [-0.15, -0.1) is 0 Å². The van der Waals surface area contributed by atoms with Crippen molar-refractivity contribution in [1.29, 1.82) is 0 Å². The Morgan fingerprint density at radius 2 is 2.20 bits per heavy atom. The second kappa shape index (κ2) is 7.06. The van der Waals surface area contributed by atoms with Crippen LogP contribution in [-0.4, -0.2) is 29.1 Å². The molecular formula is C6H12O7P2. The maximum Gasteiger partial charge on any atom is 0.469 e. The van der Waals surface area contributed by atoms with E-state index in [0.29, 0.717) is 0 Å². The molecule has 0 radical (unpaired) electrons. The molecule has 2 N–H and O–H groups in total. The molecule has 0 aromatic carbocycles. The van der Waals surface area contributed by atoms with Gasteiger partial charge in [-0.05, 0) is 6.92 Å². The van der Waals surface area contributed by atoms with Gasteiger partial charge in [0.2, 0.25) is 0 Å². The molecule has 0 spiro atoms. The highest BCUT2D eigenvalue weighted by molar-refractivity contribution is 7.46. The van der Waals surface area contributed by atoms with Crippen LogP contribution in [0.1, 0.15) is 6.92 Å². The van der Waals surface area contributed by atoms with Gasteiger partial charge >= 0.3 is 16.5 Å². The summed E-state index contributed by atoms with van der Waals surface area (Å²) in [6, 6.07) is 0. The van der Waals surface area contributed by atoms with E-state index in [1.165, 1.54) is 6.92 Å². The molecule has 0 aromatic rings. The van der Waals surface area contributed by atoms with Gasteiger partial charge in [-0.1, -0.05) is 6.58 Å². The lowest BCUT2D eigenvalue weighted by Crippen LogP contribution is -2.11. The first kappa shape index (κ1) is 14.7. The Balaban J connectivity index is 0.000000401. The van der Waals surface area contributed by atoms with Crippen LogP contribution in [0.15, 0.2) is 12.3 Å². The number of epoxide rings is 1. The van der Waals surface area contributed by atoms with E-state index < -0.39 is 22.6 Å². The van der Waals surface area contributed by atoms with Crippen LogP contribution in [0, 0.1) is 0 Å². The Hall–Kier alpha value is -0.290. The lowest BCUT2D eigenvalue weighted by molar-refractivity contribution is 0.106. The van der Waals surface area contributed by atoms with E-state index in [9.17, 15) is 9.13 Å². The number of phosphoric acid groups is 1. The van der Waals surface area contributed by atoms with Gasteiger partial charge in [-0.3, -0.25) is 9.05 Å². The van der Waals surface area contributed by atoms with E-state index in [1.807, 2.05) is 0 Å². The van der Waals surface area contributed by atoms with Crippen LogP contribution in [0.4, 0.5) is 0 Å². The highest BCUT2D eigenvalue weighted by atomic mass is 31.2. The maximum atomic E-state index is 10.1. The second-order valence-corrected chi connectivity index (χ2v) is 4.20. The van der Waals surface area contributed by atoms with Gasteiger partial charge in [0, 0.05) is 0 Å². The molecule has 1 fully saturated rings. The topological polar surface area (TPSA) is 106 Å². The number of hydrogen-bond donors (Lipinski definition) is 2. The molecule has 1 unspecified atom stereocenters. The fourth-order valence-electron chi connectivity index (χ4n) is 0.451. The van der Waals surface area contributed by atoms with Gasteiger partial charge in [-0.25, -0.2) is 9.13 Å². The van der Waals surface area contributed by atoms with Gasteiger partial charge in [0.25, 0.3) is 0 Å². The monoisotopic (exact) mass is 258 g/mol. The maximum absolute atomic E-state index is 10.1. The molecule has 1 atom stereocenters. The van der Waals surface area contributed by atoms with Crippen LogP contribution in [-0.2, 0) is 22.9 Å². The molecule has 1 rings (SSSR count). The fourth-order valence-corrected chi connectivity index (χ4v) is 1.25. The molecule has 88 valence electrons. The number of ether oxygens (including phenoxy) is 1. The minimum Gasteiger partial charge on any atom is -0.487 e. The van der Waals surface area contributed by atoms with E-state index in [0.717, 1.165) is 12.4 Å². The first-order valence-electron chi connectivity index (χ1n) is 3.84. The molecule has 1 saturated heterocycles. The smallest absolute Gasteiger partial charge is 0.469 e. The lowest BCUT2D eigenvalue weighted by Gasteiger charge is -2.10. The standard InChI is InChI=1S/C3H8O6P2.C3H4O/c1-3(2-8-10-4)9-11(5,6)7;1-3-2-4-3/h3H,2H2,1H3,(H2,5,6,7);1-2H2. The van der Waals surface area contributed by atoms with Crippen LogP contribution in [0.2, 0.25) is 0 Å². The molecule has 0 bridgehead atoms. The molecule has 1 aliphatic rings. The van der Waals surface area contributed by atoms with Crippen molar-refractivity contribution >= 4 is 16.5 Å². The number of phosphoric ester groups is 1. The third-order valence-electron chi connectivity index (χ3n) is 1.03. The average molecular weight is 258 g/mol. The quantitative estimate of drug-likeness (QED) is 0.564. The van der Waals surface area contributed by atoms with E-state index in [2.05, 4.69) is 20.4 Å². The van der Waals surface area contributed by atoms with Gasteiger partial charge in [0.05, 0.1) is 12.7 Å². The van der Waals surface area contributed by atoms with Crippen molar-refractivity contribution in [1.82, 2.24) is 0 Å². The fraction of sp³-hybridized carbons (Fsp3) is 0.667. The van der Waals surface area contributed by atoms with Gasteiger partial charge < -0.3 is 14.5 Å². The zero-order chi connectivity index (χ0) is 11.9. The van der Waals surface area contributed by atoms with Crippen LogP contribution in [0.3, 0.4) is 0 Å². The van der Waals surface area contributed by atoms with Crippen LogP contribution in [0.5, 0.6) is 0 Å². The molecule has 1 heterocycles. The predicted molar refractivity (Wildman–Crippen MR) is 51.2 cm³/mol. The van der Waals surface area contributed by atoms with E-state index >= 15 is 0 Å². The zero-order valence-electron chi connectivity index (χ0n) is 8.03. The SMILES string of the molecule is C=C1CO1.CC(COP=O)OP(=O)(O)O. The van der Waals surface area contributed by atoms with Crippen LogP contribution >= 0.6 is 16.5 Å². The normalized spacial score (nSPS) is 16.3. The summed E-state index contributed by atoms with van der Waals surface area (Å²) in [6.07, 6.45) is -0.780. The van der Waals surface area contributed by atoms with Crippen molar-refractivity contribution in [3.63, 3.8) is 0 Å². The summed E-state index contributed by atoms with van der Waals surface area (Å²) in [5, 5.41) is 0. The number of hydrogen-bond acceptors (Lipinski definition) is 5. The van der Waals surface area contributed by atoms with Crippen LogP contribution in [0.25, 0.3) is 0 Å². The molecule has 0 aromatic heterocycles. The third kappa shape index (κ3) is 13.7. The Morgan fingerprint density at radius 3 is 2.47 bits per heavy atom. The Labute approximate surface area is 88.6 Å². The summed E-state index contributed by atoms with van der Waals surface area (Å²) in [5.74, 6) is 0.917. The molecular weight excluding hydrogens is 246 g/mol. The molecule has 9 heteroatoms. The lowest BCUT2D eigenvalue weighted by atomic mass is 10.5. The molecule has 1 aliphatic heterocycles. The Morgan fingerprint density at radius 1 is 1.73 bits per heavy atom. The molecule has 0 amide bonds. The zero-order valence-corrected chi connectivity index (χ0v) is 9.82. The molecule has 15 heavy (non-hydrogen) atoms. The highest BCUT2D eigenvalue weighted by Gasteiger charge is 2.18. The number of rotatable bonds is 5. The van der Waals surface area contributed by atoms with Crippen molar-refractivity contribution in [3.8, 4) is 0 Å². The van der Waals surface area contributed by atoms with Crippen LogP contribution < -0.4 is 0 Å².